The van der Waals surface area contributed by atoms with Gasteiger partial charge in [0.2, 0.25) is 21.8 Å². The van der Waals surface area contributed by atoms with Gasteiger partial charge in [-0.3, -0.25) is 13.9 Å². The van der Waals surface area contributed by atoms with E-state index in [-0.39, 0.29) is 18.5 Å². The van der Waals surface area contributed by atoms with E-state index >= 15 is 0 Å². The van der Waals surface area contributed by atoms with Crippen LogP contribution in [0.15, 0.2) is 42.5 Å². The summed E-state index contributed by atoms with van der Waals surface area (Å²) in [5.74, 6) is -0.742. The van der Waals surface area contributed by atoms with Crippen LogP contribution in [-0.4, -0.2) is 50.0 Å². The topological polar surface area (TPSA) is 86.8 Å². The summed E-state index contributed by atoms with van der Waals surface area (Å²) in [6, 6.07) is 12.1. The molecule has 1 N–H and O–H groups in total. The van der Waals surface area contributed by atoms with Crippen molar-refractivity contribution in [3.63, 3.8) is 0 Å². The zero-order valence-electron chi connectivity index (χ0n) is 20.5. The van der Waals surface area contributed by atoms with Crippen LogP contribution < -0.4 is 9.62 Å². The average molecular weight is 474 g/mol. The number of rotatable bonds is 9. The van der Waals surface area contributed by atoms with Crippen LogP contribution in [0.25, 0.3) is 0 Å². The molecule has 0 bridgehead atoms. The van der Waals surface area contributed by atoms with Gasteiger partial charge in [-0.05, 0) is 70.4 Å². The molecule has 0 saturated carbocycles. The average Bonchev–Trinajstić information content (AvgIpc) is 2.71. The van der Waals surface area contributed by atoms with Crippen LogP contribution in [0, 0.1) is 20.8 Å². The van der Waals surface area contributed by atoms with E-state index in [2.05, 4.69) is 5.32 Å². The van der Waals surface area contributed by atoms with E-state index < -0.39 is 28.5 Å². The Morgan fingerprint density at radius 1 is 0.939 bits per heavy atom. The van der Waals surface area contributed by atoms with Gasteiger partial charge >= 0.3 is 0 Å². The Morgan fingerprint density at radius 3 is 2.06 bits per heavy atom. The fraction of sp³-hybridized carbons (Fsp3) is 0.440. The fourth-order valence-electron chi connectivity index (χ4n) is 3.37. The van der Waals surface area contributed by atoms with Gasteiger partial charge in [-0.25, -0.2) is 8.42 Å². The molecular formula is C25H35N3O4S. The van der Waals surface area contributed by atoms with Crippen LogP contribution in [0.5, 0.6) is 0 Å². The maximum atomic E-state index is 13.5. The number of nitrogens with one attached hydrogen (secondary N) is 1. The minimum atomic E-state index is -3.73. The van der Waals surface area contributed by atoms with E-state index in [1.807, 2.05) is 65.0 Å². The Labute approximate surface area is 197 Å². The second-order valence-electron chi connectivity index (χ2n) is 8.88. The molecule has 0 aliphatic heterocycles. The number of sulfonamides is 1. The Kier molecular flexibility index (Phi) is 8.66. The SMILES string of the molecule is Cc1ccc(CN(C(=O)CN(c2ccc(C)c(C)c2)S(C)(=O)=O)[C@H](C)C(=O)NC(C)C)cc1. The largest absolute Gasteiger partial charge is 0.352 e. The molecule has 2 rings (SSSR count). The van der Waals surface area contributed by atoms with Gasteiger partial charge in [-0.15, -0.1) is 0 Å². The van der Waals surface area contributed by atoms with E-state index in [9.17, 15) is 18.0 Å². The van der Waals surface area contributed by atoms with Crippen molar-refractivity contribution in [2.24, 2.45) is 0 Å². The highest BCUT2D eigenvalue weighted by atomic mass is 32.2. The van der Waals surface area contributed by atoms with E-state index in [0.29, 0.717) is 5.69 Å². The maximum Gasteiger partial charge on any atom is 0.244 e. The third-order valence-corrected chi connectivity index (χ3v) is 6.67. The summed E-state index contributed by atoms with van der Waals surface area (Å²) in [7, 11) is -3.73. The predicted molar refractivity (Wildman–Crippen MR) is 133 cm³/mol. The molecule has 0 fully saturated rings. The number of hydrogen-bond donors (Lipinski definition) is 1. The number of benzene rings is 2. The van der Waals surface area contributed by atoms with E-state index in [1.54, 1.807) is 19.1 Å². The van der Waals surface area contributed by atoms with E-state index in [1.165, 1.54) is 4.90 Å². The van der Waals surface area contributed by atoms with Crippen molar-refractivity contribution < 1.29 is 18.0 Å². The first-order valence-electron chi connectivity index (χ1n) is 11.0. The number of aryl methyl sites for hydroxylation is 3. The van der Waals surface area contributed by atoms with E-state index in [4.69, 9.17) is 0 Å². The van der Waals surface area contributed by atoms with Crippen LogP contribution in [0.2, 0.25) is 0 Å². The van der Waals surface area contributed by atoms with Crippen LogP contribution in [0.1, 0.15) is 43.0 Å². The van der Waals surface area contributed by atoms with Gasteiger partial charge in [0.25, 0.3) is 0 Å². The van der Waals surface area contributed by atoms with E-state index in [0.717, 1.165) is 32.8 Å². The van der Waals surface area contributed by atoms with Crippen molar-refractivity contribution in [3.05, 3.63) is 64.7 Å². The molecule has 33 heavy (non-hydrogen) atoms. The standard InChI is InChI=1S/C25H35N3O4S/c1-17(2)26-25(30)21(6)27(15-22-11-8-18(3)9-12-22)24(29)16-28(33(7,31)32)23-13-10-19(4)20(5)14-23/h8-14,17,21H,15-16H2,1-7H3,(H,26,30)/t21-/m1/s1. The number of nitrogens with zero attached hydrogens (tertiary/aromatic N) is 2. The third-order valence-electron chi connectivity index (χ3n) is 5.53. The highest BCUT2D eigenvalue weighted by Crippen LogP contribution is 2.22. The highest BCUT2D eigenvalue weighted by molar-refractivity contribution is 7.92. The molecule has 2 aromatic rings. The number of anilines is 1. The molecule has 2 amide bonds. The molecule has 8 heteroatoms. The van der Waals surface area contributed by atoms with Crippen LogP contribution in [0.3, 0.4) is 0 Å². The Hall–Kier alpha value is -2.87. The molecule has 1 atom stereocenters. The first kappa shape index (κ1) is 26.4. The Morgan fingerprint density at radius 2 is 1.55 bits per heavy atom. The molecule has 0 aromatic heterocycles. The van der Waals surface area contributed by atoms with Crippen LogP contribution in [0.4, 0.5) is 5.69 Å². The number of carbonyl (C=O) groups is 2. The summed E-state index contributed by atoms with van der Waals surface area (Å²) in [5.41, 5.74) is 4.31. The monoisotopic (exact) mass is 473 g/mol. The number of hydrogen-bond acceptors (Lipinski definition) is 4. The van der Waals surface area contributed by atoms with Crippen LogP contribution >= 0.6 is 0 Å². The highest BCUT2D eigenvalue weighted by Gasteiger charge is 2.30. The summed E-state index contributed by atoms with van der Waals surface area (Å²) in [5, 5.41) is 2.84. The van der Waals surface area contributed by atoms with Gasteiger partial charge in [0.1, 0.15) is 12.6 Å². The van der Waals surface area contributed by atoms with Gasteiger partial charge < -0.3 is 10.2 Å². The third kappa shape index (κ3) is 7.32. The fourth-order valence-corrected chi connectivity index (χ4v) is 4.21. The number of carbonyl (C=O) groups excluding carboxylic acids is 2. The van der Waals surface area contributed by atoms with Gasteiger partial charge in [-0.2, -0.15) is 0 Å². The van der Waals surface area contributed by atoms with Crippen molar-refractivity contribution in [2.75, 3.05) is 17.1 Å². The molecule has 0 spiro atoms. The van der Waals surface area contributed by atoms with Crippen molar-refractivity contribution in [3.8, 4) is 0 Å². The molecule has 0 aliphatic rings. The second kappa shape index (κ2) is 10.8. The van der Waals surface area contributed by atoms with Crippen molar-refractivity contribution >= 4 is 27.5 Å². The first-order chi connectivity index (χ1) is 15.3. The summed E-state index contributed by atoms with van der Waals surface area (Å²) in [6.45, 7) is 11.0. The molecule has 0 radical (unpaired) electrons. The lowest BCUT2D eigenvalue weighted by molar-refractivity contribution is -0.139. The minimum absolute atomic E-state index is 0.0840. The van der Waals surface area contributed by atoms with Gasteiger partial charge in [0.05, 0.1) is 11.9 Å². The van der Waals surface area contributed by atoms with Crippen molar-refractivity contribution in [2.45, 2.75) is 60.2 Å². The minimum Gasteiger partial charge on any atom is -0.352 e. The molecule has 180 valence electrons. The molecule has 7 nitrogen and oxygen atoms in total. The second-order valence-corrected chi connectivity index (χ2v) is 10.8. The predicted octanol–water partition coefficient (Wildman–Crippen LogP) is 3.32. The molecule has 0 saturated heterocycles. The Balaban J connectivity index is 2.40. The lowest BCUT2D eigenvalue weighted by Crippen LogP contribution is -2.52. The summed E-state index contributed by atoms with van der Waals surface area (Å²) >= 11 is 0. The first-order valence-corrected chi connectivity index (χ1v) is 12.8. The summed E-state index contributed by atoms with van der Waals surface area (Å²) < 4.78 is 26.3. The van der Waals surface area contributed by atoms with Gasteiger partial charge in [0.15, 0.2) is 0 Å². The quantitative estimate of drug-likeness (QED) is 0.605. The molecule has 0 unspecified atom stereocenters. The normalized spacial score (nSPS) is 12.4. The molecule has 0 heterocycles. The number of amides is 2. The zero-order chi connectivity index (χ0) is 24.9. The van der Waals surface area contributed by atoms with Crippen LogP contribution in [-0.2, 0) is 26.2 Å². The van der Waals surface area contributed by atoms with Gasteiger partial charge in [0, 0.05) is 12.6 Å². The van der Waals surface area contributed by atoms with Gasteiger partial charge in [-0.1, -0.05) is 35.9 Å². The molecule has 2 aromatic carbocycles. The smallest absolute Gasteiger partial charge is 0.244 e. The molecular weight excluding hydrogens is 438 g/mol. The summed E-state index contributed by atoms with van der Waals surface area (Å²) in [6.07, 6.45) is 1.08. The van der Waals surface area contributed by atoms with Crippen molar-refractivity contribution in [1.29, 1.82) is 0 Å². The lowest BCUT2D eigenvalue weighted by atomic mass is 10.1. The summed E-state index contributed by atoms with van der Waals surface area (Å²) in [4.78, 5) is 27.6. The Bertz CT molecular complexity index is 1100. The maximum absolute atomic E-state index is 13.5. The molecule has 0 aliphatic carbocycles. The lowest BCUT2D eigenvalue weighted by Gasteiger charge is -2.32. The zero-order valence-corrected chi connectivity index (χ0v) is 21.4. The van der Waals surface area contributed by atoms with Crippen molar-refractivity contribution in [1.82, 2.24) is 10.2 Å².